The molecule has 0 saturated carbocycles. The maximum atomic E-state index is 11.5. The van der Waals surface area contributed by atoms with Crippen LogP contribution in [-0.4, -0.2) is 30.1 Å². The van der Waals surface area contributed by atoms with Gasteiger partial charge in [0.05, 0.1) is 0 Å². The third-order valence-electron chi connectivity index (χ3n) is 2.87. The van der Waals surface area contributed by atoms with E-state index in [9.17, 15) is 4.79 Å². The molecule has 0 aromatic heterocycles. The normalized spacial score (nSPS) is 19.3. The second kappa shape index (κ2) is 5.89. The number of carbonyl (C=O) groups is 1. The first-order chi connectivity index (χ1) is 6.75. The average Bonchev–Trinajstić information content (AvgIpc) is 2.18. The predicted octanol–water partition coefficient (Wildman–Crippen LogP) is 2.37. The molecular weight excluding hydrogens is 176 g/mol. The zero-order chi connectivity index (χ0) is 10.4. The van der Waals surface area contributed by atoms with Crippen molar-refractivity contribution in [2.24, 2.45) is 0 Å². The fourth-order valence-corrected chi connectivity index (χ4v) is 1.91. The minimum absolute atomic E-state index is 0.125. The lowest BCUT2D eigenvalue weighted by Crippen LogP contribution is -2.50. The Labute approximate surface area is 86.9 Å². The Bertz CT molecular complexity index is 182. The number of nitrogens with one attached hydrogen (secondary N) is 1. The van der Waals surface area contributed by atoms with Gasteiger partial charge in [0, 0.05) is 19.1 Å². The van der Waals surface area contributed by atoms with E-state index in [0.717, 1.165) is 25.9 Å². The van der Waals surface area contributed by atoms with Crippen LogP contribution < -0.4 is 5.32 Å². The third kappa shape index (κ3) is 3.20. The van der Waals surface area contributed by atoms with Gasteiger partial charge in [-0.2, -0.15) is 0 Å². The summed E-state index contributed by atoms with van der Waals surface area (Å²) in [6.45, 7) is 6.13. The van der Waals surface area contributed by atoms with Crippen LogP contribution in [0.3, 0.4) is 0 Å². The molecule has 0 aliphatic carbocycles. The van der Waals surface area contributed by atoms with Crippen LogP contribution in [0.15, 0.2) is 0 Å². The smallest absolute Gasteiger partial charge is 0.317 e. The van der Waals surface area contributed by atoms with Crippen molar-refractivity contribution in [3.8, 4) is 0 Å². The highest BCUT2D eigenvalue weighted by molar-refractivity contribution is 5.75. The fourth-order valence-electron chi connectivity index (χ4n) is 1.91. The number of rotatable bonds is 5. The van der Waals surface area contributed by atoms with Crippen LogP contribution in [0, 0.1) is 0 Å². The van der Waals surface area contributed by atoms with E-state index in [0.29, 0.717) is 6.04 Å². The van der Waals surface area contributed by atoms with Gasteiger partial charge in [-0.15, -0.1) is 0 Å². The molecule has 0 aromatic carbocycles. The Kier molecular flexibility index (Phi) is 4.77. The maximum Gasteiger partial charge on any atom is 0.317 e. The standard InChI is InChI=1S/C11H22N2O/c1-3-4-5-7-10(2)13-9-6-8-12-11(13)14/h10H,3-9H2,1-2H3,(H,12,14). The van der Waals surface area contributed by atoms with Crippen molar-refractivity contribution in [3.05, 3.63) is 0 Å². The molecule has 2 amide bonds. The minimum Gasteiger partial charge on any atom is -0.338 e. The first-order valence-corrected chi connectivity index (χ1v) is 5.80. The Morgan fingerprint density at radius 1 is 1.50 bits per heavy atom. The Balaban J connectivity index is 2.27. The van der Waals surface area contributed by atoms with Crippen molar-refractivity contribution in [2.75, 3.05) is 13.1 Å². The monoisotopic (exact) mass is 198 g/mol. The number of carbonyl (C=O) groups excluding carboxylic acids is 1. The van der Waals surface area contributed by atoms with E-state index in [1.807, 2.05) is 4.90 Å². The summed E-state index contributed by atoms with van der Waals surface area (Å²) in [4.78, 5) is 13.5. The van der Waals surface area contributed by atoms with Gasteiger partial charge in [0.15, 0.2) is 0 Å². The van der Waals surface area contributed by atoms with Crippen LogP contribution in [0.4, 0.5) is 4.79 Å². The number of unbranched alkanes of at least 4 members (excludes halogenated alkanes) is 2. The fraction of sp³-hybridized carbons (Fsp3) is 0.909. The van der Waals surface area contributed by atoms with Crippen LogP contribution in [0.2, 0.25) is 0 Å². The Morgan fingerprint density at radius 2 is 2.29 bits per heavy atom. The van der Waals surface area contributed by atoms with E-state index >= 15 is 0 Å². The van der Waals surface area contributed by atoms with E-state index in [-0.39, 0.29) is 6.03 Å². The molecule has 1 aliphatic rings. The van der Waals surface area contributed by atoms with Crippen LogP contribution in [-0.2, 0) is 0 Å². The quantitative estimate of drug-likeness (QED) is 0.676. The number of nitrogens with zero attached hydrogens (tertiary/aromatic N) is 1. The largest absolute Gasteiger partial charge is 0.338 e. The van der Waals surface area contributed by atoms with Crippen molar-refractivity contribution in [2.45, 2.75) is 52.0 Å². The molecule has 1 heterocycles. The van der Waals surface area contributed by atoms with Gasteiger partial charge in [0.2, 0.25) is 0 Å². The van der Waals surface area contributed by atoms with Crippen molar-refractivity contribution >= 4 is 6.03 Å². The highest BCUT2D eigenvalue weighted by atomic mass is 16.2. The van der Waals surface area contributed by atoms with Gasteiger partial charge in [0.1, 0.15) is 0 Å². The Hall–Kier alpha value is -0.730. The summed E-state index contributed by atoms with van der Waals surface area (Å²) < 4.78 is 0. The molecule has 1 atom stereocenters. The molecular formula is C11H22N2O. The van der Waals surface area contributed by atoms with E-state index in [4.69, 9.17) is 0 Å². The zero-order valence-electron chi connectivity index (χ0n) is 9.38. The van der Waals surface area contributed by atoms with E-state index < -0.39 is 0 Å². The molecule has 1 fully saturated rings. The molecule has 0 radical (unpaired) electrons. The number of hydrogen-bond acceptors (Lipinski definition) is 1. The summed E-state index contributed by atoms with van der Waals surface area (Å²) in [6, 6.07) is 0.530. The molecule has 3 heteroatoms. The number of hydrogen-bond donors (Lipinski definition) is 1. The third-order valence-corrected chi connectivity index (χ3v) is 2.87. The van der Waals surface area contributed by atoms with Crippen LogP contribution >= 0.6 is 0 Å². The van der Waals surface area contributed by atoms with Gasteiger partial charge >= 0.3 is 6.03 Å². The summed E-state index contributed by atoms with van der Waals surface area (Å²) in [7, 11) is 0. The summed E-state index contributed by atoms with van der Waals surface area (Å²) >= 11 is 0. The lowest BCUT2D eigenvalue weighted by Gasteiger charge is -2.32. The maximum absolute atomic E-state index is 11.5. The van der Waals surface area contributed by atoms with E-state index in [1.54, 1.807) is 0 Å². The molecule has 1 N–H and O–H groups in total. The van der Waals surface area contributed by atoms with Gasteiger partial charge in [-0.05, 0) is 19.8 Å². The molecule has 1 rings (SSSR count). The summed E-state index contributed by atoms with van der Waals surface area (Å²) in [5.41, 5.74) is 0. The van der Waals surface area contributed by atoms with Crippen molar-refractivity contribution in [1.29, 1.82) is 0 Å². The second-order valence-electron chi connectivity index (χ2n) is 4.12. The van der Waals surface area contributed by atoms with Gasteiger partial charge < -0.3 is 10.2 Å². The van der Waals surface area contributed by atoms with Gasteiger partial charge in [-0.25, -0.2) is 4.79 Å². The summed E-state index contributed by atoms with van der Waals surface area (Å²) in [5.74, 6) is 0. The lowest BCUT2D eigenvalue weighted by molar-refractivity contribution is 0.161. The first-order valence-electron chi connectivity index (χ1n) is 5.80. The van der Waals surface area contributed by atoms with Crippen molar-refractivity contribution < 1.29 is 4.79 Å². The first kappa shape index (κ1) is 11.3. The highest BCUT2D eigenvalue weighted by Gasteiger charge is 2.21. The predicted molar refractivity (Wildman–Crippen MR) is 58.3 cm³/mol. The Morgan fingerprint density at radius 3 is 2.93 bits per heavy atom. The topological polar surface area (TPSA) is 32.3 Å². The van der Waals surface area contributed by atoms with Crippen LogP contribution in [0.1, 0.15) is 46.0 Å². The van der Waals surface area contributed by atoms with Crippen LogP contribution in [0.5, 0.6) is 0 Å². The van der Waals surface area contributed by atoms with Crippen molar-refractivity contribution in [3.63, 3.8) is 0 Å². The molecule has 0 aromatic rings. The molecule has 1 saturated heterocycles. The molecule has 0 spiro atoms. The van der Waals surface area contributed by atoms with Gasteiger partial charge in [-0.1, -0.05) is 26.2 Å². The molecule has 82 valence electrons. The molecule has 3 nitrogen and oxygen atoms in total. The molecule has 1 aliphatic heterocycles. The number of amides is 2. The SMILES string of the molecule is CCCCCC(C)N1CCCNC1=O. The molecule has 1 unspecified atom stereocenters. The van der Waals surface area contributed by atoms with E-state index in [2.05, 4.69) is 19.2 Å². The molecule has 0 bridgehead atoms. The van der Waals surface area contributed by atoms with Gasteiger partial charge in [-0.3, -0.25) is 0 Å². The van der Waals surface area contributed by atoms with E-state index in [1.165, 1.54) is 19.3 Å². The van der Waals surface area contributed by atoms with Crippen LogP contribution in [0.25, 0.3) is 0 Å². The van der Waals surface area contributed by atoms with Gasteiger partial charge in [0.25, 0.3) is 0 Å². The average molecular weight is 198 g/mol. The zero-order valence-corrected chi connectivity index (χ0v) is 9.38. The summed E-state index contributed by atoms with van der Waals surface area (Å²) in [6.07, 6.45) is 5.99. The molecule has 14 heavy (non-hydrogen) atoms. The number of urea groups is 1. The minimum atomic E-state index is 0.125. The highest BCUT2D eigenvalue weighted by Crippen LogP contribution is 2.12. The van der Waals surface area contributed by atoms with Crippen molar-refractivity contribution in [1.82, 2.24) is 10.2 Å². The lowest BCUT2D eigenvalue weighted by atomic mass is 10.1. The summed E-state index contributed by atoms with van der Waals surface area (Å²) in [5, 5.41) is 2.89. The second-order valence-corrected chi connectivity index (χ2v) is 4.12.